The maximum atomic E-state index is 12.3. The molecule has 0 aliphatic heterocycles. The average Bonchev–Trinajstić information content (AvgIpc) is 3.01. The maximum Gasteiger partial charge on any atom is 0.270 e. The van der Waals surface area contributed by atoms with Crippen molar-refractivity contribution >= 4 is 32.4 Å². The quantitative estimate of drug-likeness (QED) is 0.655. The van der Waals surface area contributed by atoms with Crippen molar-refractivity contribution in [1.82, 2.24) is 14.9 Å². The number of benzene rings is 1. The number of carbonyl (C=O) groups excluding carboxylic acids is 1. The molecule has 0 saturated carbocycles. The van der Waals surface area contributed by atoms with Crippen LogP contribution < -0.4 is 19.5 Å². The predicted octanol–water partition coefficient (Wildman–Crippen LogP) is 1.25. The Morgan fingerprint density at radius 1 is 1.28 bits per heavy atom. The van der Waals surface area contributed by atoms with Crippen molar-refractivity contribution in [2.45, 2.75) is 24.2 Å². The molecule has 0 saturated heterocycles. The Morgan fingerprint density at radius 3 is 2.60 bits per heavy atom. The summed E-state index contributed by atoms with van der Waals surface area (Å²) in [5, 5.41) is 9.70. The van der Waals surface area contributed by atoms with Crippen LogP contribution in [0.2, 0.25) is 0 Å². The molecule has 1 aromatic heterocycles. The Labute approximate surface area is 149 Å². The highest BCUT2D eigenvalue weighted by Crippen LogP contribution is 2.26. The summed E-state index contributed by atoms with van der Waals surface area (Å²) in [6.07, 6.45) is 0. The van der Waals surface area contributed by atoms with Gasteiger partial charge in [0.15, 0.2) is 11.5 Å². The number of amides is 1. The molecule has 25 heavy (non-hydrogen) atoms. The Morgan fingerprint density at radius 2 is 1.96 bits per heavy atom. The lowest BCUT2D eigenvalue weighted by Gasteiger charge is -2.15. The first-order valence-corrected chi connectivity index (χ1v) is 9.51. The molecule has 1 aromatic carbocycles. The lowest BCUT2D eigenvalue weighted by atomic mass is 10.3. The zero-order valence-electron chi connectivity index (χ0n) is 13.8. The van der Waals surface area contributed by atoms with Crippen LogP contribution in [0, 0.1) is 0 Å². The third-order valence-corrected chi connectivity index (χ3v) is 5.63. The largest absolute Gasteiger partial charge is 0.493 e. The van der Waals surface area contributed by atoms with Crippen LogP contribution >= 0.6 is 11.3 Å². The second-order valence-electron chi connectivity index (χ2n) is 5.04. The van der Waals surface area contributed by atoms with Gasteiger partial charge >= 0.3 is 0 Å². The zero-order chi connectivity index (χ0) is 18.4. The van der Waals surface area contributed by atoms with E-state index in [9.17, 15) is 13.2 Å². The normalized spacial score (nSPS) is 12.4. The molecule has 136 valence electrons. The van der Waals surface area contributed by atoms with E-state index >= 15 is 0 Å². The summed E-state index contributed by atoms with van der Waals surface area (Å²) in [5.74, 6) is 0.716. The predicted molar refractivity (Wildman–Crippen MR) is 92.5 cm³/mol. The third kappa shape index (κ3) is 5.37. The van der Waals surface area contributed by atoms with Gasteiger partial charge in [-0.15, -0.1) is 10.2 Å². The highest BCUT2D eigenvalue weighted by atomic mass is 32.2. The first-order valence-electron chi connectivity index (χ1n) is 7.21. The van der Waals surface area contributed by atoms with Crippen LogP contribution in [-0.4, -0.2) is 44.3 Å². The van der Waals surface area contributed by atoms with Crippen molar-refractivity contribution in [2.75, 3.05) is 19.0 Å². The van der Waals surface area contributed by atoms with Gasteiger partial charge in [-0.25, -0.2) is 13.1 Å². The lowest BCUT2D eigenvalue weighted by Crippen LogP contribution is -2.36. The summed E-state index contributed by atoms with van der Waals surface area (Å²) in [6, 6.07) is 6.54. The second-order valence-corrected chi connectivity index (χ2v) is 7.90. The number of aromatic nitrogens is 2. The summed E-state index contributed by atoms with van der Waals surface area (Å²) in [4.78, 5) is 11.0. The molecule has 9 nitrogen and oxygen atoms in total. The standard InChI is InChI=1S/C14H18N4O5S2/c1-9(8-23-12-7-5-4-6-11(12)22-3)18-25(20,21)14-17-16-13(24-14)15-10(2)19/h4-7,9,18H,8H2,1-3H3,(H,15,16,19)/t9-/m0/s1. The molecule has 1 heterocycles. The van der Waals surface area contributed by atoms with E-state index in [1.165, 1.54) is 14.0 Å². The fourth-order valence-corrected chi connectivity index (χ4v) is 4.01. The molecule has 0 bridgehead atoms. The summed E-state index contributed by atoms with van der Waals surface area (Å²) >= 11 is 0.765. The van der Waals surface area contributed by atoms with E-state index in [-0.39, 0.29) is 22.0 Å². The van der Waals surface area contributed by atoms with Gasteiger partial charge in [0.2, 0.25) is 15.4 Å². The molecule has 2 aromatic rings. The van der Waals surface area contributed by atoms with Crippen molar-refractivity contribution in [3.05, 3.63) is 24.3 Å². The second kappa shape index (κ2) is 8.23. The molecule has 0 spiro atoms. The molecule has 11 heteroatoms. The van der Waals surface area contributed by atoms with Crippen LogP contribution in [0.1, 0.15) is 13.8 Å². The van der Waals surface area contributed by atoms with Crippen molar-refractivity contribution < 1.29 is 22.7 Å². The molecular formula is C14H18N4O5S2. The van der Waals surface area contributed by atoms with Gasteiger partial charge in [0.25, 0.3) is 10.0 Å². The van der Waals surface area contributed by atoms with Gasteiger partial charge in [0.05, 0.1) is 13.2 Å². The number of para-hydroxylation sites is 2. The Hall–Kier alpha value is -2.24. The zero-order valence-corrected chi connectivity index (χ0v) is 15.5. The van der Waals surface area contributed by atoms with E-state index in [2.05, 4.69) is 20.2 Å². The molecule has 2 rings (SSSR count). The number of rotatable bonds is 8. The Balaban J connectivity index is 1.97. The van der Waals surface area contributed by atoms with Crippen molar-refractivity contribution in [3.8, 4) is 11.5 Å². The molecule has 1 atom stereocenters. The van der Waals surface area contributed by atoms with Crippen LogP contribution in [0.3, 0.4) is 0 Å². The smallest absolute Gasteiger partial charge is 0.270 e. The molecular weight excluding hydrogens is 368 g/mol. The summed E-state index contributed by atoms with van der Waals surface area (Å²) in [5.41, 5.74) is 0. The van der Waals surface area contributed by atoms with Crippen LogP contribution in [0.4, 0.5) is 5.13 Å². The maximum absolute atomic E-state index is 12.3. The number of nitrogens with one attached hydrogen (secondary N) is 2. The van der Waals surface area contributed by atoms with E-state index in [0.717, 1.165) is 11.3 Å². The highest BCUT2D eigenvalue weighted by molar-refractivity contribution is 7.91. The molecule has 0 aliphatic rings. The number of ether oxygens (including phenoxy) is 2. The SMILES string of the molecule is COc1ccccc1OC[C@H](C)NS(=O)(=O)c1nnc(NC(C)=O)s1. The number of hydrogen-bond donors (Lipinski definition) is 2. The van der Waals surface area contributed by atoms with Crippen molar-refractivity contribution in [2.24, 2.45) is 0 Å². The van der Waals surface area contributed by atoms with E-state index in [1.54, 1.807) is 31.2 Å². The number of nitrogens with zero attached hydrogens (tertiary/aromatic N) is 2. The van der Waals surface area contributed by atoms with Gasteiger partial charge in [0.1, 0.15) is 6.61 Å². The van der Waals surface area contributed by atoms with Crippen LogP contribution in [-0.2, 0) is 14.8 Å². The van der Waals surface area contributed by atoms with Crippen LogP contribution in [0.5, 0.6) is 11.5 Å². The van der Waals surface area contributed by atoms with Crippen molar-refractivity contribution in [1.29, 1.82) is 0 Å². The fraction of sp³-hybridized carbons (Fsp3) is 0.357. The molecule has 2 N–H and O–H groups in total. The number of hydrogen-bond acceptors (Lipinski definition) is 8. The van der Waals surface area contributed by atoms with Gasteiger partial charge in [-0.05, 0) is 19.1 Å². The number of anilines is 1. The van der Waals surface area contributed by atoms with Gasteiger partial charge in [-0.1, -0.05) is 23.5 Å². The number of carbonyl (C=O) groups is 1. The van der Waals surface area contributed by atoms with Crippen molar-refractivity contribution in [3.63, 3.8) is 0 Å². The molecule has 0 aliphatic carbocycles. The van der Waals surface area contributed by atoms with Gasteiger partial charge in [-0.3, -0.25) is 4.79 Å². The van der Waals surface area contributed by atoms with Gasteiger partial charge < -0.3 is 14.8 Å². The average molecular weight is 386 g/mol. The first-order chi connectivity index (χ1) is 11.8. The summed E-state index contributed by atoms with van der Waals surface area (Å²) in [6.45, 7) is 3.05. The monoisotopic (exact) mass is 386 g/mol. The number of sulfonamides is 1. The van der Waals surface area contributed by atoms with Crippen LogP contribution in [0.25, 0.3) is 0 Å². The Bertz CT molecular complexity index is 837. The minimum Gasteiger partial charge on any atom is -0.493 e. The van der Waals surface area contributed by atoms with E-state index in [4.69, 9.17) is 9.47 Å². The molecule has 0 unspecified atom stereocenters. The highest BCUT2D eigenvalue weighted by Gasteiger charge is 2.23. The third-order valence-electron chi connectivity index (χ3n) is 2.83. The van der Waals surface area contributed by atoms with Gasteiger partial charge in [-0.2, -0.15) is 0 Å². The van der Waals surface area contributed by atoms with Crippen LogP contribution in [0.15, 0.2) is 28.6 Å². The lowest BCUT2D eigenvalue weighted by molar-refractivity contribution is -0.114. The Kier molecular flexibility index (Phi) is 6.28. The molecule has 0 radical (unpaired) electrons. The topological polar surface area (TPSA) is 120 Å². The summed E-state index contributed by atoms with van der Waals surface area (Å²) in [7, 11) is -2.34. The number of methoxy groups -OCH3 is 1. The van der Waals surface area contributed by atoms with Gasteiger partial charge in [0, 0.05) is 6.92 Å². The molecule has 0 fully saturated rings. The minimum atomic E-state index is -3.86. The minimum absolute atomic E-state index is 0.0942. The van der Waals surface area contributed by atoms with E-state index in [0.29, 0.717) is 11.5 Å². The van der Waals surface area contributed by atoms with E-state index < -0.39 is 16.1 Å². The molecule has 1 amide bonds. The van der Waals surface area contributed by atoms with E-state index in [1.807, 2.05) is 0 Å². The fourth-order valence-electron chi connectivity index (χ4n) is 1.82. The summed E-state index contributed by atoms with van der Waals surface area (Å²) < 4.78 is 37.5. The first kappa shape index (κ1) is 19.1.